The molecule has 0 spiro atoms. The lowest BCUT2D eigenvalue weighted by molar-refractivity contribution is -0.384. The summed E-state index contributed by atoms with van der Waals surface area (Å²) in [5.41, 5.74) is 2.08. The Bertz CT molecular complexity index is 646. The predicted molar refractivity (Wildman–Crippen MR) is 84.5 cm³/mol. The molecule has 0 fully saturated rings. The Morgan fingerprint density at radius 1 is 1.05 bits per heavy atom. The van der Waals surface area contributed by atoms with E-state index < -0.39 is 0 Å². The summed E-state index contributed by atoms with van der Waals surface area (Å²) in [7, 11) is 0. The van der Waals surface area contributed by atoms with Crippen LogP contribution in [0.5, 0.6) is 0 Å². The largest absolute Gasteiger partial charge is 0.304 e. The number of nitrogens with one attached hydrogen (secondary N) is 1. The molecule has 1 N–H and O–H groups in total. The summed E-state index contributed by atoms with van der Waals surface area (Å²) < 4.78 is 0. The molecule has 0 saturated carbocycles. The highest BCUT2D eigenvalue weighted by molar-refractivity contribution is 6.30. The van der Waals surface area contributed by atoms with Crippen LogP contribution in [0, 0.1) is 10.1 Å². The Morgan fingerprint density at radius 2 is 1.62 bits per heavy atom. The molecule has 0 aromatic heterocycles. The summed E-state index contributed by atoms with van der Waals surface area (Å²) in [6.45, 7) is 4.03. The van der Waals surface area contributed by atoms with Crippen LogP contribution in [0.2, 0.25) is 5.02 Å². The number of nitro groups is 1. The van der Waals surface area contributed by atoms with Crippen molar-refractivity contribution in [3.63, 3.8) is 0 Å². The van der Waals surface area contributed by atoms with Gasteiger partial charge in [-0.1, -0.05) is 35.9 Å². The smallest absolute Gasteiger partial charge is 0.269 e. The molecule has 0 heterocycles. The number of non-ortho nitro benzene ring substituents is 1. The van der Waals surface area contributed by atoms with Gasteiger partial charge in [0.15, 0.2) is 0 Å². The van der Waals surface area contributed by atoms with Crippen LogP contribution in [-0.4, -0.2) is 4.92 Å². The molecular formula is C16H17ClN2O2. The summed E-state index contributed by atoms with van der Waals surface area (Å²) in [5.74, 6) is 0. The molecule has 0 aliphatic rings. The molecule has 0 amide bonds. The van der Waals surface area contributed by atoms with Crippen molar-refractivity contribution < 1.29 is 4.92 Å². The second-order valence-electron chi connectivity index (χ2n) is 5.02. The Morgan fingerprint density at radius 3 is 2.19 bits per heavy atom. The van der Waals surface area contributed by atoms with Crippen LogP contribution in [0.4, 0.5) is 5.69 Å². The highest BCUT2D eigenvalue weighted by atomic mass is 35.5. The molecule has 0 bridgehead atoms. The van der Waals surface area contributed by atoms with Crippen LogP contribution in [0.25, 0.3) is 0 Å². The molecule has 2 rings (SSSR count). The monoisotopic (exact) mass is 304 g/mol. The van der Waals surface area contributed by atoms with Gasteiger partial charge in [-0.3, -0.25) is 10.1 Å². The molecular weight excluding hydrogens is 288 g/mol. The second-order valence-corrected chi connectivity index (χ2v) is 5.45. The normalized spacial score (nSPS) is 13.7. The molecule has 4 nitrogen and oxygen atoms in total. The maximum absolute atomic E-state index is 10.8. The third kappa shape index (κ3) is 4.03. The second kappa shape index (κ2) is 6.70. The van der Waals surface area contributed by atoms with Gasteiger partial charge in [0.05, 0.1) is 4.92 Å². The van der Waals surface area contributed by atoms with E-state index in [-0.39, 0.29) is 22.7 Å². The van der Waals surface area contributed by atoms with Gasteiger partial charge in [0.2, 0.25) is 0 Å². The van der Waals surface area contributed by atoms with E-state index in [0.29, 0.717) is 5.02 Å². The van der Waals surface area contributed by atoms with E-state index >= 15 is 0 Å². The first-order valence-corrected chi connectivity index (χ1v) is 7.11. The summed E-state index contributed by atoms with van der Waals surface area (Å²) >= 11 is 6.00. The zero-order valence-electron chi connectivity index (χ0n) is 11.9. The molecule has 110 valence electrons. The van der Waals surface area contributed by atoms with Gasteiger partial charge in [-0.25, -0.2) is 0 Å². The maximum atomic E-state index is 10.8. The van der Waals surface area contributed by atoms with Crippen LogP contribution >= 0.6 is 11.6 Å². The third-order valence-corrected chi connectivity index (χ3v) is 3.66. The molecule has 0 radical (unpaired) electrons. The van der Waals surface area contributed by atoms with E-state index in [2.05, 4.69) is 5.32 Å². The Hall–Kier alpha value is -1.91. The third-order valence-electron chi connectivity index (χ3n) is 3.43. The Labute approximate surface area is 128 Å². The molecule has 21 heavy (non-hydrogen) atoms. The number of rotatable bonds is 5. The molecule has 2 aromatic rings. The Kier molecular flexibility index (Phi) is 4.94. The van der Waals surface area contributed by atoms with Crippen molar-refractivity contribution in [2.75, 3.05) is 0 Å². The van der Waals surface area contributed by atoms with Crippen molar-refractivity contribution in [1.82, 2.24) is 5.32 Å². The lowest BCUT2D eigenvalue weighted by Gasteiger charge is -2.21. The average molecular weight is 305 g/mol. The van der Waals surface area contributed by atoms with E-state index in [1.165, 1.54) is 6.07 Å². The number of nitro benzene ring substituents is 1. The van der Waals surface area contributed by atoms with Crippen molar-refractivity contribution >= 4 is 17.3 Å². The first kappa shape index (κ1) is 15.5. The average Bonchev–Trinajstić information content (AvgIpc) is 2.47. The molecule has 0 aliphatic carbocycles. The summed E-state index contributed by atoms with van der Waals surface area (Å²) in [5, 5.41) is 15.0. The van der Waals surface area contributed by atoms with Crippen LogP contribution < -0.4 is 5.32 Å². The van der Waals surface area contributed by atoms with Gasteiger partial charge in [0.25, 0.3) is 5.69 Å². The molecule has 0 aliphatic heterocycles. The van der Waals surface area contributed by atoms with Crippen molar-refractivity contribution in [1.29, 1.82) is 0 Å². The standard InChI is InChI=1S/C16H17ClN2O2/c1-11(13-5-3-7-15(17)9-13)18-12(2)14-6-4-8-16(10-14)19(20)21/h3-12,18H,1-2H3/t11-,12?/m1/s1. The van der Waals surface area contributed by atoms with E-state index in [4.69, 9.17) is 11.6 Å². The van der Waals surface area contributed by atoms with Gasteiger partial charge < -0.3 is 5.32 Å². The van der Waals surface area contributed by atoms with E-state index in [9.17, 15) is 10.1 Å². The van der Waals surface area contributed by atoms with Gasteiger partial charge >= 0.3 is 0 Å². The minimum absolute atomic E-state index is 0.00104. The first-order chi connectivity index (χ1) is 9.97. The van der Waals surface area contributed by atoms with Crippen LogP contribution in [0.1, 0.15) is 37.1 Å². The van der Waals surface area contributed by atoms with Crippen molar-refractivity contribution in [3.8, 4) is 0 Å². The zero-order chi connectivity index (χ0) is 15.4. The van der Waals surface area contributed by atoms with Crippen LogP contribution in [-0.2, 0) is 0 Å². The molecule has 2 atom stereocenters. The fraction of sp³-hybridized carbons (Fsp3) is 0.250. The van der Waals surface area contributed by atoms with E-state index in [1.54, 1.807) is 12.1 Å². The fourth-order valence-electron chi connectivity index (χ4n) is 2.25. The zero-order valence-corrected chi connectivity index (χ0v) is 12.7. The summed E-state index contributed by atoms with van der Waals surface area (Å²) in [6.07, 6.45) is 0. The van der Waals surface area contributed by atoms with Gasteiger partial charge in [-0.2, -0.15) is 0 Å². The van der Waals surface area contributed by atoms with E-state index in [1.807, 2.05) is 44.2 Å². The molecule has 5 heteroatoms. The van der Waals surface area contributed by atoms with Crippen LogP contribution in [0.15, 0.2) is 48.5 Å². The van der Waals surface area contributed by atoms with Crippen LogP contribution in [0.3, 0.4) is 0 Å². The minimum Gasteiger partial charge on any atom is -0.304 e. The quantitative estimate of drug-likeness (QED) is 0.645. The molecule has 1 unspecified atom stereocenters. The fourth-order valence-corrected chi connectivity index (χ4v) is 2.45. The number of halogens is 1. The van der Waals surface area contributed by atoms with Gasteiger partial charge in [-0.15, -0.1) is 0 Å². The highest BCUT2D eigenvalue weighted by Crippen LogP contribution is 2.23. The number of nitrogens with zero attached hydrogens (tertiary/aromatic N) is 1. The highest BCUT2D eigenvalue weighted by Gasteiger charge is 2.14. The lowest BCUT2D eigenvalue weighted by atomic mass is 10.0. The SMILES string of the molecule is CC(N[C@H](C)c1cccc(Cl)c1)c1cccc([N+](=O)[O-])c1. The topological polar surface area (TPSA) is 55.2 Å². The summed E-state index contributed by atoms with van der Waals surface area (Å²) in [4.78, 5) is 10.4. The van der Waals surface area contributed by atoms with Crippen molar-refractivity contribution in [2.24, 2.45) is 0 Å². The van der Waals surface area contributed by atoms with Gasteiger partial charge in [0, 0.05) is 29.2 Å². The predicted octanol–water partition coefficient (Wildman–Crippen LogP) is 4.66. The maximum Gasteiger partial charge on any atom is 0.269 e. The van der Waals surface area contributed by atoms with Gasteiger partial charge in [0.1, 0.15) is 0 Å². The van der Waals surface area contributed by atoms with Gasteiger partial charge in [-0.05, 0) is 37.1 Å². The number of hydrogen-bond donors (Lipinski definition) is 1. The molecule has 0 saturated heterocycles. The minimum atomic E-state index is -0.378. The number of benzene rings is 2. The van der Waals surface area contributed by atoms with E-state index in [0.717, 1.165) is 11.1 Å². The first-order valence-electron chi connectivity index (χ1n) is 6.73. The summed E-state index contributed by atoms with van der Waals surface area (Å²) in [6, 6.07) is 14.4. The molecule has 2 aromatic carbocycles. The Balaban J connectivity index is 2.12. The number of hydrogen-bond acceptors (Lipinski definition) is 3. The van der Waals surface area contributed by atoms with Crippen molar-refractivity contribution in [2.45, 2.75) is 25.9 Å². The lowest BCUT2D eigenvalue weighted by Crippen LogP contribution is -2.22. The van der Waals surface area contributed by atoms with Crippen molar-refractivity contribution in [3.05, 3.63) is 74.8 Å².